The van der Waals surface area contributed by atoms with Crippen LogP contribution in [0.1, 0.15) is 5.82 Å². The molecule has 7 heteroatoms. The Kier molecular flexibility index (Phi) is 4.67. The van der Waals surface area contributed by atoms with Crippen molar-refractivity contribution in [2.75, 3.05) is 6.54 Å². The van der Waals surface area contributed by atoms with Gasteiger partial charge in [-0.15, -0.1) is 6.58 Å². The largest absolute Gasteiger partial charge is 0.358 e. The summed E-state index contributed by atoms with van der Waals surface area (Å²) in [6, 6.07) is 7.62. The number of aromatic amines is 1. The van der Waals surface area contributed by atoms with Gasteiger partial charge in [-0.3, -0.25) is 15.6 Å². The second-order valence-electron chi connectivity index (χ2n) is 4.05. The van der Waals surface area contributed by atoms with Crippen molar-refractivity contribution in [1.29, 1.82) is 0 Å². The van der Waals surface area contributed by atoms with Gasteiger partial charge in [-0.05, 0) is 24.4 Å². The Hall–Kier alpha value is -2.41. The first-order chi connectivity index (χ1) is 9.69. The Morgan fingerprint density at radius 2 is 2.20 bits per heavy atom. The van der Waals surface area contributed by atoms with Gasteiger partial charge in [-0.1, -0.05) is 18.2 Å². The summed E-state index contributed by atoms with van der Waals surface area (Å²) in [5, 5.41) is 3.17. The summed E-state index contributed by atoms with van der Waals surface area (Å²) in [4.78, 5) is 19.1. The number of amides is 1. The van der Waals surface area contributed by atoms with E-state index in [2.05, 4.69) is 32.7 Å². The van der Waals surface area contributed by atoms with Crippen LogP contribution in [0.4, 0.5) is 0 Å². The molecule has 104 valence electrons. The summed E-state index contributed by atoms with van der Waals surface area (Å²) in [6.45, 7) is 4.09. The van der Waals surface area contributed by atoms with Crippen LogP contribution in [0.15, 0.2) is 36.9 Å². The highest BCUT2D eigenvalue weighted by atomic mass is 32.1. The number of para-hydroxylation sites is 2. The lowest BCUT2D eigenvalue weighted by Gasteiger charge is -2.09. The first-order valence-electron chi connectivity index (χ1n) is 6.06. The van der Waals surface area contributed by atoms with E-state index >= 15 is 0 Å². The first kappa shape index (κ1) is 14.0. The molecule has 1 aromatic carbocycles. The molecule has 0 saturated carbocycles. The molecule has 6 nitrogen and oxygen atoms in total. The van der Waals surface area contributed by atoms with Gasteiger partial charge in [0.2, 0.25) is 5.91 Å². The molecule has 0 radical (unpaired) electrons. The number of nitrogens with zero attached hydrogens (tertiary/aromatic N) is 1. The van der Waals surface area contributed by atoms with E-state index in [1.807, 2.05) is 24.3 Å². The molecule has 0 aliphatic heterocycles. The maximum Gasteiger partial charge on any atom is 0.245 e. The number of thiocarbonyl (C=S) groups is 1. The lowest BCUT2D eigenvalue weighted by Crippen LogP contribution is -2.47. The zero-order valence-electron chi connectivity index (χ0n) is 10.8. The van der Waals surface area contributed by atoms with Gasteiger partial charge in [0.15, 0.2) is 5.11 Å². The molecular weight excluding hydrogens is 274 g/mol. The van der Waals surface area contributed by atoms with Crippen LogP contribution in [0.2, 0.25) is 0 Å². The van der Waals surface area contributed by atoms with Gasteiger partial charge in [0.05, 0.1) is 17.5 Å². The topological polar surface area (TPSA) is 81.8 Å². The summed E-state index contributed by atoms with van der Waals surface area (Å²) in [6.07, 6.45) is 1.82. The standard InChI is InChI=1S/C13H15N5OS/c1-2-7-14-13(20)18-17-12(19)8-11-15-9-5-3-4-6-10(9)16-11/h2-6H,1,7-8H2,(H,15,16)(H,17,19)(H2,14,18,20). The zero-order valence-corrected chi connectivity index (χ0v) is 11.6. The normalized spacial score (nSPS) is 10.0. The average molecular weight is 289 g/mol. The fraction of sp³-hybridized carbons (Fsp3) is 0.154. The van der Waals surface area contributed by atoms with Crippen LogP contribution in [-0.2, 0) is 11.2 Å². The van der Waals surface area contributed by atoms with Crippen molar-refractivity contribution in [3.63, 3.8) is 0 Å². The number of benzene rings is 1. The van der Waals surface area contributed by atoms with E-state index in [1.54, 1.807) is 6.08 Å². The Bertz CT molecular complexity index is 603. The summed E-state index contributed by atoms with van der Waals surface area (Å²) < 4.78 is 0. The fourth-order valence-electron chi connectivity index (χ4n) is 1.62. The van der Waals surface area contributed by atoms with Gasteiger partial charge < -0.3 is 10.3 Å². The fourth-order valence-corrected chi connectivity index (χ4v) is 1.76. The molecule has 0 atom stereocenters. The summed E-state index contributed by atoms with van der Waals surface area (Å²) in [5.74, 6) is 0.377. The van der Waals surface area contributed by atoms with E-state index in [1.165, 1.54) is 0 Å². The third-order valence-electron chi connectivity index (χ3n) is 2.49. The molecule has 20 heavy (non-hydrogen) atoms. The molecule has 0 spiro atoms. The number of carbonyl (C=O) groups excluding carboxylic acids is 1. The highest BCUT2D eigenvalue weighted by Gasteiger charge is 2.07. The van der Waals surface area contributed by atoms with Gasteiger partial charge in [-0.2, -0.15) is 0 Å². The second kappa shape index (κ2) is 6.67. The van der Waals surface area contributed by atoms with Crippen molar-refractivity contribution in [1.82, 2.24) is 26.1 Å². The minimum Gasteiger partial charge on any atom is -0.358 e. The first-order valence-corrected chi connectivity index (χ1v) is 6.47. The molecule has 1 amide bonds. The van der Waals surface area contributed by atoms with Crippen LogP contribution in [-0.4, -0.2) is 27.5 Å². The number of aromatic nitrogens is 2. The molecule has 0 aliphatic rings. The van der Waals surface area contributed by atoms with Gasteiger partial charge in [0.1, 0.15) is 5.82 Å². The minimum absolute atomic E-state index is 0.145. The van der Waals surface area contributed by atoms with E-state index in [4.69, 9.17) is 12.2 Å². The number of fused-ring (bicyclic) bond motifs is 1. The molecule has 0 aliphatic carbocycles. The molecule has 4 N–H and O–H groups in total. The van der Waals surface area contributed by atoms with E-state index in [0.29, 0.717) is 17.5 Å². The minimum atomic E-state index is -0.230. The van der Waals surface area contributed by atoms with Crippen molar-refractivity contribution < 1.29 is 4.79 Å². The highest BCUT2D eigenvalue weighted by Crippen LogP contribution is 2.10. The van der Waals surface area contributed by atoms with E-state index in [0.717, 1.165) is 11.0 Å². The van der Waals surface area contributed by atoms with E-state index < -0.39 is 0 Å². The van der Waals surface area contributed by atoms with Crippen molar-refractivity contribution >= 4 is 34.3 Å². The Morgan fingerprint density at radius 1 is 1.40 bits per heavy atom. The number of hydrogen-bond donors (Lipinski definition) is 4. The number of hydrazine groups is 1. The quantitative estimate of drug-likeness (QED) is 0.380. The molecule has 2 rings (SSSR count). The smallest absolute Gasteiger partial charge is 0.245 e. The van der Waals surface area contributed by atoms with Gasteiger partial charge >= 0.3 is 0 Å². The van der Waals surface area contributed by atoms with Crippen LogP contribution in [0.5, 0.6) is 0 Å². The predicted octanol–water partition coefficient (Wildman–Crippen LogP) is 0.787. The molecule has 0 bridgehead atoms. The lowest BCUT2D eigenvalue weighted by atomic mass is 10.3. The molecule has 0 fully saturated rings. The molecule has 0 unspecified atom stereocenters. The molecule has 1 heterocycles. The van der Waals surface area contributed by atoms with Crippen LogP contribution >= 0.6 is 12.2 Å². The molecule has 2 aromatic rings. The lowest BCUT2D eigenvalue weighted by molar-refractivity contribution is -0.121. The highest BCUT2D eigenvalue weighted by molar-refractivity contribution is 7.80. The number of nitrogens with one attached hydrogen (secondary N) is 4. The average Bonchev–Trinajstić information content (AvgIpc) is 2.84. The number of hydrogen-bond acceptors (Lipinski definition) is 3. The number of imidazole rings is 1. The maximum atomic E-state index is 11.7. The predicted molar refractivity (Wildman–Crippen MR) is 81.9 cm³/mol. The summed E-state index contributed by atoms with van der Waals surface area (Å²) >= 11 is 4.95. The van der Waals surface area contributed by atoms with Crippen molar-refractivity contribution in [2.24, 2.45) is 0 Å². The van der Waals surface area contributed by atoms with Gasteiger partial charge in [-0.25, -0.2) is 4.98 Å². The van der Waals surface area contributed by atoms with Gasteiger partial charge in [0, 0.05) is 6.54 Å². The van der Waals surface area contributed by atoms with Gasteiger partial charge in [0.25, 0.3) is 0 Å². The summed E-state index contributed by atoms with van der Waals surface area (Å²) in [7, 11) is 0. The van der Waals surface area contributed by atoms with Crippen LogP contribution in [0.25, 0.3) is 11.0 Å². The van der Waals surface area contributed by atoms with Crippen molar-refractivity contribution in [3.05, 3.63) is 42.7 Å². The third kappa shape index (κ3) is 3.79. The van der Waals surface area contributed by atoms with Crippen LogP contribution in [0.3, 0.4) is 0 Å². The molecular formula is C13H15N5OS. The Labute approximate surface area is 121 Å². The van der Waals surface area contributed by atoms with Crippen LogP contribution in [0, 0.1) is 0 Å². The second-order valence-corrected chi connectivity index (χ2v) is 4.46. The third-order valence-corrected chi connectivity index (χ3v) is 2.74. The molecule has 0 saturated heterocycles. The maximum absolute atomic E-state index is 11.7. The molecule has 1 aromatic heterocycles. The van der Waals surface area contributed by atoms with Crippen LogP contribution < -0.4 is 16.2 Å². The zero-order chi connectivity index (χ0) is 14.4. The SMILES string of the molecule is C=CCNC(=S)NNC(=O)Cc1nc2ccccc2[nH]1. The van der Waals surface area contributed by atoms with Crippen molar-refractivity contribution in [2.45, 2.75) is 6.42 Å². The number of rotatable bonds is 4. The van der Waals surface area contributed by atoms with E-state index in [-0.39, 0.29) is 12.3 Å². The van der Waals surface area contributed by atoms with Crippen molar-refractivity contribution in [3.8, 4) is 0 Å². The Balaban J connectivity index is 1.85. The number of carbonyl (C=O) groups is 1. The van der Waals surface area contributed by atoms with E-state index in [9.17, 15) is 4.79 Å². The Morgan fingerprint density at radius 3 is 2.95 bits per heavy atom. The summed E-state index contributed by atoms with van der Waals surface area (Å²) in [5.41, 5.74) is 6.85. The number of H-pyrrole nitrogens is 1. The monoisotopic (exact) mass is 289 g/mol.